The van der Waals surface area contributed by atoms with E-state index < -0.39 is 0 Å². The molecule has 4 rings (SSSR count). The van der Waals surface area contributed by atoms with Crippen molar-refractivity contribution in [1.82, 2.24) is 9.47 Å². The Bertz CT molecular complexity index is 1040. The number of nitrogens with zero attached hydrogens (tertiary/aromatic N) is 2. The minimum absolute atomic E-state index is 0.0621. The second-order valence-corrected chi connectivity index (χ2v) is 7.64. The van der Waals surface area contributed by atoms with Crippen LogP contribution in [0, 0.1) is 13.8 Å². The van der Waals surface area contributed by atoms with E-state index in [4.69, 9.17) is 4.74 Å². The molecule has 0 spiro atoms. The molecular weight excluding hydrogens is 360 g/mol. The number of hydrogen-bond donors (Lipinski definition) is 0. The molecular formula is C25H28N2O2. The Kier molecular flexibility index (Phi) is 5.93. The molecule has 1 fully saturated rings. The summed E-state index contributed by atoms with van der Waals surface area (Å²) >= 11 is 0. The predicted molar refractivity (Wildman–Crippen MR) is 118 cm³/mol. The lowest BCUT2D eigenvalue weighted by Gasteiger charge is -2.27. The minimum Gasteiger partial charge on any atom is -0.379 e. The molecule has 0 unspecified atom stereocenters. The highest BCUT2D eigenvalue weighted by atomic mass is 16.5. The number of allylic oxidation sites excluding steroid dienone is 1. The fraction of sp³-hybridized carbons (Fsp3) is 0.320. The van der Waals surface area contributed by atoms with Crippen molar-refractivity contribution in [3.05, 3.63) is 77.0 Å². The third-order valence-corrected chi connectivity index (χ3v) is 5.82. The third kappa shape index (κ3) is 4.19. The summed E-state index contributed by atoms with van der Waals surface area (Å²) in [6, 6.07) is 16.3. The maximum atomic E-state index is 13.2. The van der Waals surface area contributed by atoms with Crippen LogP contribution >= 0.6 is 0 Å². The zero-order valence-corrected chi connectivity index (χ0v) is 17.2. The van der Waals surface area contributed by atoms with Crippen LogP contribution < -0.4 is 0 Å². The second kappa shape index (κ2) is 8.76. The van der Waals surface area contributed by atoms with Gasteiger partial charge in [0.2, 0.25) is 0 Å². The van der Waals surface area contributed by atoms with Crippen molar-refractivity contribution >= 4 is 22.8 Å². The Morgan fingerprint density at radius 1 is 1.00 bits per heavy atom. The highest BCUT2D eigenvalue weighted by Gasteiger charge is 2.19. The van der Waals surface area contributed by atoms with Gasteiger partial charge in [0, 0.05) is 42.8 Å². The van der Waals surface area contributed by atoms with Crippen LogP contribution in [0.4, 0.5) is 0 Å². The van der Waals surface area contributed by atoms with E-state index >= 15 is 0 Å². The summed E-state index contributed by atoms with van der Waals surface area (Å²) < 4.78 is 7.74. The number of para-hydroxylation sites is 1. The number of morpholine rings is 1. The van der Waals surface area contributed by atoms with E-state index in [1.165, 1.54) is 5.56 Å². The summed E-state index contributed by atoms with van der Waals surface area (Å²) in [5.41, 5.74) is 5.23. The molecule has 3 aromatic rings. The van der Waals surface area contributed by atoms with Crippen LogP contribution in [-0.4, -0.2) is 48.1 Å². The summed E-state index contributed by atoms with van der Waals surface area (Å²) in [4.78, 5) is 15.6. The average molecular weight is 389 g/mol. The number of fused-ring (bicyclic) bond motifs is 1. The molecule has 0 aliphatic carbocycles. The number of benzene rings is 2. The van der Waals surface area contributed by atoms with E-state index in [2.05, 4.69) is 41.5 Å². The van der Waals surface area contributed by atoms with Gasteiger partial charge in [-0.15, -0.1) is 0 Å². The van der Waals surface area contributed by atoms with Gasteiger partial charge in [-0.1, -0.05) is 48.5 Å². The number of aromatic nitrogens is 1. The standard InChI is InChI=1S/C25H28N2O2/c1-19-7-3-4-8-21(19)11-12-24(28)25-20(2)27(23-10-6-5-9-22(23)25)14-13-26-15-17-29-18-16-26/h3-12H,13-18H2,1-2H3. The Morgan fingerprint density at radius 2 is 1.72 bits per heavy atom. The van der Waals surface area contributed by atoms with Crippen molar-refractivity contribution in [3.63, 3.8) is 0 Å². The number of rotatable bonds is 6. The third-order valence-electron chi connectivity index (χ3n) is 5.82. The molecule has 0 saturated carbocycles. The first-order valence-corrected chi connectivity index (χ1v) is 10.3. The lowest BCUT2D eigenvalue weighted by Crippen LogP contribution is -2.38. The van der Waals surface area contributed by atoms with E-state index in [1.807, 2.05) is 36.4 Å². The van der Waals surface area contributed by atoms with Crippen LogP contribution in [0.15, 0.2) is 54.6 Å². The van der Waals surface area contributed by atoms with Gasteiger partial charge >= 0.3 is 0 Å². The summed E-state index contributed by atoms with van der Waals surface area (Å²) in [5.74, 6) is 0.0621. The van der Waals surface area contributed by atoms with Gasteiger partial charge in [-0.2, -0.15) is 0 Å². The molecule has 29 heavy (non-hydrogen) atoms. The molecule has 2 heterocycles. The molecule has 4 heteroatoms. The fourth-order valence-corrected chi connectivity index (χ4v) is 4.12. The molecule has 150 valence electrons. The first-order valence-electron chi connectivity index (χ1n) is 10.3. The van der Waals surface area contributed by atoms with Gasteiger partial charge in [0.25, 0.3) is 0 Å². The van der Waals surface area contributed by atoms with E-state index in [1.54, 1.807) is 6.08 Å². The van der Waals surface area contributed by atoms with E-state index in [9.17, 15) is 4.79 Å². The zero-order chi connectivity index (χ0) is 20.2. The average Bonchev–Trinajstić information content (AvgIpc) is 3.03. The van der Waals surface area contributed by atoms with Gasteiger partial charge in [0.05, 0.1) is 18.8 Å². The van der Waals surface area contributed by atoms with Crippen LogP contribution in [-0.2, 0) is 11.3 Å². The van der Waals surface area contributed by atoms with Gasteiger partial charge in [-0.3, -0.25) is 9.69 Å². The van der Waals surface area contributed by atoms with E-state index in [-0.39, 0.29) is 5.78 Å². The molecule has 0 radical (unpaired) electrons. The minimum atomic E-state index is 0.0621. The molecule has 0 atom stereocenters. The fourth-order valence-electron chi connectivity index (χ4n) is 4.12. The maximum absolute atomic E-state index is 13.2. The van der Waals surface area contributed by atoms with Crippen LogP contribution in [0.25, 0.3) is 17.0 Å². The summed E-state index contributed by atoms with van der Waals surface area (Å²) in [6.45, 7) is 9.53. The van der Waals surface area contributed by atoms with Gasteiger partial charge in [-0.25, -0.2) is 0 Å². The molecule has 1 aliphatic heterocycles. The Labute approximate surface area is 172 Å². The molecule has 1 saturated heterocycles. The topological polar surface area (TPSA) is 34.5 Å². The number of carbonyl (C=O) groups is 1. The van der Waals surface area contributed by atoms with Gasteiger partial charge in [-0.05, 0) is 37.1 Å². The van der Waals surface area contributed by atoms with Crippen LogP contribution in [0.1, 0.15) is 27.2 Å². The number of hydrogen-bond acceptors (Lipinski definition) is 3. The van der Waals surface area contributed by atoms with E-state index in [0.29, 0.717) is 0 Å². The van der Waals surface area contributed by atoms with Gasteiger partial charge < -0.3 is 9.30 Å². The molecule has 0 bridgehead atoms. The number of carbonyl (C=O) groups excluding carboxylic acids is 1. The normalized spacial score (nSPS) is 15.4. The SMILES string of the molecule is Cc1ccccc1C=CC(=O)c1c(C)n(CCN2CCOCC2)c2ccccc12. The molecule has 2 aromatic carbocycles. The first kappa shape index (κ1) is 19.6. The van der Waals surface area contributed by atoms with Crippen molar-refractivity contribution in [2.45, 2.75) is 20.4 Å². The monoisotopic (exact) mass is 388 g/mol. The number of aryl methyl sites for hydroxylation is 1. The largest absolute Gasteiger partial charge is 0.379 e. The summed E-state index contributed by atoms with van der Waals surface area (Å²) in [6.07, 6.45) is 3.64. The second-order valence-electron chi connectivity index (χ2n) is 7.64. The first-order chi connectivity index (χ1) is 14.1. The zero-order valence-electron chi connectivity index (χ0n) is 17.2. The van der Waals surface area contributed by atoms with Crippen molar-refractivity contribution in [1.29, 1.82) is 0 Å². The molecule has 4 nitrogen and oxygen atoms in total. The summed E-state index contributed by atoms with van der Waals surface area (Å²) in [7, 11) is 0. The maximum Gasteiger partial charge on any atom is 0.188 e. The molecule has 1 aromatic heterocycles. The van der Waals surface area contributed by atoms with Crippen LogP contribution in [0.3, 0.4) is 0 Å². The number of ketones is 1. The lowest BCUT2D eigenvalue weighted by molar-refractivity contribution is 0.0365. The van der Waals surface area contributed by atoms with Crippen molar-refractivity contribution in [2.24, 2.45) is 0 Å². The van der Waals surface area contributed by atoms with Crippen molar-refractivity contribution in [2.75, 3.05) is 32.8 Å². The van der Waals surface area contributed by atoms with Gasteiger partial charge in [0.1, 0.15) is 0 Å². The number of ether oxygens (including phenoxy) is 1. The van der Waals surface area contributed by atoms with E-state index in [0.717, 1.165) is 67.1 Å². The highest BCUT2D eigenvalue weighted by Crippen LogP contribution is 2.27. The smallest absolute Gasteiger partial charge is 0.188 e. The Morgan fingerprint density at radius 3 is 2.52 bits per heavy atom. The van der Waals surface area contributed by atoms with Gasteiger partial charge in [0.15, 0.2) is 5.78 Å². The van der Waals surface area contributed by atoms with Crippen molar-refractivity contribution in [3.8, 4) is 0 Å². The highest BCUT2D eigenvalue weighted by molar-refractivity contribution is 6.16. The summed E-state index contributed by atoms with van der Waals surface area (Å²) in [5, 5.41) is 1.03. The van der Waals surface area contributed by atoms with Crippen LogP contribution in [0.2, 0.25) is 0 Å². The molecule has 0 N–H and O–H groups in total. The molecule has 0 amide bonds. The Hall–Kier alpha value is -2.69. The Balaban J connectivity index is 1.63. The quantitative estimate of drug-likeness (QED) is 0.461. The lowest BCUT2D eigenvalue weighted by atomic mass is 10.0. The molecule has 1 aliphatic rings. The van der Waals surface area contributed by atoms with Crippen LogP contribution in [0.5, 0.6) is 0 Å². The van der Waals surface area contributed by atoms with Crippen molar-refractivity contribution < 1.29 is 9.53 Å². The predicted octanol–water partition coefficient (Wildman–Crippen LogP) is 4.49.